The molecule has 6 aromatic carbocycles. The molecule has 0 spiro atoms. The number of hydrogen-bond donors (Lipinski definition) is 0. The molecule has 0 radical (unpaired) electrons. The van der Waals surface area contributed by atoms with E-state index >= 15 is 0 Å². The Kier molecular flexibility index (Phi) is 7.02. The van der Waals surface area contributed by atoms with Gasteiger partial charge in [0.25, 0.3) is 0 Å². The first-order valence-electron chi connectivity index (χ1n) is 14.0. The van der Waals surface area contributed by atoms with E-state index in [2.05, 4.69) is 128 Å². The lowest BCUT2D eigenvalue weighted by Gasteiger charge is -2.25. The van der Waals surface area contributed by atoms with Crippen molar-refractivity contribution in [1.29, 1.82) is 10.5 Å². The first-order chi connectivity index (χ1) is 20.4. The van der Waals surface area contributed by atoms with Crippen molar-refractivity contribution in [2.24, 2.45) is 0 Å². The molecule has 0 aliphatic rings. The summed E-state index contributed by atoms with van der Waals surface area (Å²) in [6.07, 6.45) is 4.20. The van der Waals surface area contributed by atoms with E-state index in [-0.39, 0.29) is 0 Å². The molecule has 200 valence electrons. The fraction of sp³-hybridized carbons (Fsp3) is 0.0769. The fourth-order valence-electron chi connectivity index (χ4n) is 5.47. The highest BCUT2D eigenvalue weighted by atomic mass is 15.1. The average molecular weight is 540 g/mol. The van der Waals surface area contributed by atoms with Gasteiger partial charge in [0.15, 0.2) is 0 Å². The molecule has 0 amide bonds. The Bertz CT molecular complexity index is 2010. The molecule has 0 aromatic heterocycles. The SMILES string of the molecule is Cc1ccc(N(c2ccc(C)cc2)c2ccc(C=Cc3ccc4c(C#N)c(C#N)c5ccc(C)cc5c4c3)cc2)cc1. The van der Waals surface area contributed by atoms with E-state index in [0.717, 1.165) is 55.3 Å². The summed E-state index contributed by atoms with van der Waals surface area (Å²) < 4.78 is 0. The molecule has 0 aliphatic carbocycles. The molecule has 3 heteroatoms. The van der Waals surface area contributed by atoms with Gasteiger partial charge in [-0.3, -0.25) is 0 Å². The van der Waals surface area contributed by atoms with Crippen LogP contribution in [0.15, 0.2) is 109 Å². The molecule has 3 nitrogen and oxygen atoms in total. The van der Waals surface area contributed by atoms with Crippen LogP contribution < -0.4 is 4.90 Å². The second-order valence-corrected chi connectivity index (χ2v) is 10.8. The van der Waals surface area contributed by atoms with Crippen LogP contribution >= 0.6 is 0 Å². The zero-order chi connectivity index (χ0) is 29.2. The lowest BCUT2D eigenvalue weighted by Crippen LogP contribution is -2.09. The van der Waals surface area contributed by atoms with Crippen molar-refractivity contribution in [2.45, 2.75) is 20.8 Å². The topological polar surface area (TPSA) is 50.8 Å². The first kappa shape index (κ1) is 26.6. The molecule has 0 saturated carbocycles. The van der Waals surface area contributed by atoms with E-state index in [9.17, 15) is 10.5 Å². The molecule has 0 unspecified atom stereocenters. The van der Waals surface area contributed by atoms with E-state index < -0.39 is 0 Å². The van der Waals surface area contributed by atoms with Gasteiger partial charge in [0.05, 0.1) is 11.1 Å². The number of anilines is 3. The number of rotatable bonds is 5. The average Bonchev–Trinajstić information content (AvgIpc) is 3.02. The van der Waals surface area contributed by atoms with Crippen LogP contribution in [0.25, 0.3) is 33.7 Å². The van der Waals surface area contributed by atoms with Gasteiger partial charge in [-0.15, -0.1) is 0 Å². The zero-order valence-corrected chi connectivity index (χ0v) is 23.9. The monoisotopic (exact) mass is 539 g/mol. The Labute approximate surface area is 246 Å². The predicted molar refractivity (Wildman–Crippen MR) is 175 cm³/mol. The van der Waals surface area contributed by atoms with Crippen LogP contribution in [-0.4, -0.2) is 0 Å². The van der Waals surface area contributed by atoms with Gasteiger partial charge >= 0.3 is 0 Å². The summed E-state index contributed by atoms with van der Waals surface area (Å²) in [6.45, 7) is 6.25. The lowest BCUT2D eigenvalue weighted by atomic mass is 9.91. The first-order valence-corrected chi connectivity index (χ1v) is 14.0. The van der Waals surface area contributed by atoms with Crippen molar-refractivity contribution in [3.63, 3.8) is 0 Å². The van der Waals surface area contributed by atoms with E-state index in [4.69, 9.17) is 0 Å². The third-order valence-corrected chi connectivity index (χ3v) is 7.73. The molecule has 42 heavy (non-hydrogen) atoms. The van der Waals surface area contributed by atoms with Gasteiger partial charge in [-0.2, -0.15) is 10.5 Å². The van der Waals surface area contributed by atoms with E-state index in [0.29, 0.717) is 11.1 Å². The third-order valence-electron chi connectivity index (χ3n) is 7.73. The standard InChI is InChI=1S/C39H29N3/c1-26-4-14-31(15-5-26)42(32-16-6-27(2)7-17-32)33-18-11-29(12-19-33)9-10-30-13-21-35-37(23-30)36-22-28(3)8-20-34(36)38(24-40)39(35)25-41/h4-23H,1-3H3. The Morgan fingerprint density at radius 2 is 0.857 bits per heavy atom. The maximum atomic E-state index is 9.90. The van der Waals surface area contributed by atoms with Gasteiger partial charge in [-0.1, -0.05) is 95.6 Å². The molecule has 6 aromatic rings. The smallest absolute Gasteiger partial charge is 0.101 e. The number of fused-ring (bicyclic) bond motifs is 3. The third kappa shape index (κ3) is 5.01. The van der Waals surface area contributed by atoms with Crippen LogP contribution in [0, 0.1) is 43.4 Å². The lowest BCUT2D eigenvalue weighted by molar-refractivity contribution is 1.27. The number of benzene rings is 6. The number of nitriles is 2. The van der Waals surface area contributed by atoms with E-state index in [1.54, 1.807) is 0 Å². The second kappa shape index (κ2) is 11.1. The van der Waals surface area contributed by atoms with Gasteiger partial charge < -0.3 is 4.90 Å². The van der Waals surface area contributed by atoms with Crippen LogP contribution in [-0.2, 0) is 0 Å². The van der Waals surface area contributed by atoms with Crippen molar-refractivity contribution in [2.75, 3.05) is 4.90 Å². The Hall–Kier alpha value is -5.64. The summed E-state index contributed by atoms with van der Waals surface area (Å²) in [5.41, 5.74) is 9.88. The molecular formula is C39H29N3. The summed E-state index contributed by atoms with van der Waals surface area (Å²) >= 11 is 0. The van der Waals surface area contributed by atoms with Crippen molar-refractivity contribution in [3.8, 4) is 12.1 Å². The minimum absolute atomic E-state index is 0.432. The number of hydrogen-bond acceptors (Lipinski definition) is 3. The quantitative estimate of drug-likeness (QED) is 0.162. The fourth-order valence-corrected chi connectivity index (χ4v) is 5.47. The van der Waals surface area contributed by atoms with Crippen LogP contribution in [0.5, 0.6) is 0 Å². The van der Waals surface area contributed by atoms with Gasteiger partial charge in [0.1, 0.15) is 12.1 Å². The molecule has 0 aliphatic heterocycles. The maximum Gasteiger partial charge on any atom is 0.101 e. The van der Waals surface area contributed by atoms with Crippen molar-refractivity contribution >= 4 is 50.8 Å². The zero-order valence-electron chi connectivity index (χ0n) is 23.9. The van der Waals surface area contributed by atoms with Crippen LogP contribution in [0.2, 0.25) is 0 Å². The molecule has 0 N–H and O–H groups in total. The normalized spacial score (nSPS) is 11.1. The summed E-state index contributed by atoms with van der Waals surface area (Å²) in [6, 6.07) is 42.4. The van der Waals surface area contributed by atoms with Crippen molar-refractivity contribution in [3.05, 3.63) is 148 Å². The van der Waals surface area contributed by atoms with Crippen LogP contribution in [0.3, 0.4) is 0 Å². The van der Waals surface area contributed by atoms with Crippen LogP contribution in [0.1, 0.15) is 38.9 Å². The summed E-state index contributed by atoms with van der Waals surface area (Å²) in [5.74, 6) is 0. The van der Waals surface area contributed by atoms with Gasteiger partial charge in [0, 0.05) is 27.8 Å². The summed E-state index contributed by atoms with van der Waals surface area (Å²) in [7, 11) is 0. The molecule has 0 fully saturated rings. The highest BCUT2D eigenvalue weighted by molar-refractivity contribution is 6.13. The van der Waals surface area contributed by atoms with E-state index in [1.807, 2.05) is 31.2 Å². The van der Waals surface area contributed by atoms with Crippen molar-refractivity contribution in [1.82, 2.24) is 0 Å². The minimum Gasteiger partial charge on any atom is -0.311 e. The second-order valence-electron chi connectivity index (χ2n) is 10.8. The molecule has 6 rings (SSSR count). The summed E-state index contributed by atoms with van der Waals surface area (Å²) in [4.78, 5) is 2.27. The molecule has 0 heterocycles. The molecule has 0 saturated heterocycles. The van der Waals surface area contributed by atoms with Crippen molar-refractivity contribution < 1.29 is 0 Å². The Morgan fingerprint density at radius 1 is 0.452 bits per heavy atom. The maximum absolute atomic E-state index is 9.90. The molecular weight excluding hydrogens is 510 g/mol. The highest BCUT2D eigenvalue weighted by Gasteiger charge is 2.15. The Morgan fingerprint density at radius 3 is 1.38 bits per heavy atom. The van der Waals surface area contributed by atoms with Gasteiger partial charge in [-0.25, -0.2) is 0 Å². The highest BCUT2D eigenvalue weighted by Crippen LogP contribution is 2.36. The number of nitrogens with zero attached hydrogens (tertiary/aromatic N) is 3. The van der Waals surface area contributed by atoms with Crippen LogP contribution in [0.4, 0.5) is 17.1 Å². The number of aryl methyl sites for hydroxylation is 3. The minimum atomic E-state index is 0.432. The molecule has 0 bridgehead atoms. The van der Waals surface area contributed by atoms with Gasteiger partial charge in [-0.05, 0) is 85.1 Å². The summed E-state index contributed by atoms with van der Waals surface area (Å²) in [5, 5.41) is 23.3. The van der Waals surface area contributed by atoms with Gasteiger partial charge in [0.2, 0.25) is 0 Å². The van der Waals surface area contributed by atoms with E-state index in [1.165, 1.54) is 11.1 Å². The predicted octanol–water partition coefficient (Wildman–Crippen LogP) is 10.3. The molecule has 0 atom stereocenters. The largest absolute Gasteiger partial charge is 0.311 e. The Balaban J connectivity index is 1.36.